The molecule has 4 nitrogen and oxygen atoms in total. The van der Waals surface area contributed by atoms with Gasteiger partial charge < -0.3 is 14.7 Å². The van der Waals surface area contributed by atoms with Crippen LogP contribution >= 0.6 is 23.2 Å². The van der Waals surface area contributed by atoms with Crippen LogP contribution in [0.1, 0.15) is 41.1 Å². The zero-order valence-corrected chi connectivity index (χ0v) is 20.7. The first-order valence-electron chi connectivity index (χ1n) is 12.1. The average molecular weight is 497 g/mol. The Bertz CT molecular complexity index is 1130. The molecule has 0 bridgehead atoms. The second-order valence-electron chi connectivity index (χ2n) is 9.43. The van der Waals surface area contributed by atoms with Crippen molar-refractivity contribution in [3.63, 3.8) is 0 Å². The second kappa shape index (κ2) is 10.7. The van der Waals surface area contributed by atoms with E-state index in [0.717, 1.165) is 43.8 Å². The third kappa shape index (κ3) is 5.41. The fourth-order valence-corrected chi connectivity index (χ4v) is 5.87. The van der Waals surface area contributed by atoms with Crippen LogP contribution in [0.4, 0.5) is 0 Å². The number of nitrogens with zero attached hydrogens (tertiary/aromatic N) is 2. The minimum absolute atomic E-state index is 0.258. The first-order chi connectivity index (χ1) is 16.6. The molecule has 2 atom stereocenters. The summed E-state index contributed by atoms with van der Waals surface area (Å²) in [6.45, 7) is 2.79. The molecule has 1 aliphatic heterocycles. The average Bonchev–Trinajstić information content (AvgIpc) is 3.00. The molecule has 1 N–H and O–H groups in total. The summed E-state index contributed by atoms with van der Waals surface area (Å²) in [5, 5.41) is 12.0. The van der Waals surface area contributed by atoms with Gasteiger partial charge in [0, 0.05) is 28.7 Å². The van der Waals surface area contributed by atoms with Gasteiger partial charge in [-0.3, -0.25) is 4.98 Å². The predicted molar refractivity (Wildman–Crippen MR) is 137 cm³/mol. The number of benzene rings is 2. The molecule has 2 aromatic carbocycles. The number of β-amino-alcohol motifs (C(OH)–C–C–N with tert-alkyl or cyclic N) is 1. The summed E-state index contributed by atoms with van der Waals surface area (Å²) in [6.07, 6.45) is 5.54. The minimum Gasteiger partial charge on any atom is -0.491 e. The minimum atomic E-state index is -0.543. The maximum Gasteiger partial charge on any atom is 0.120 e. The highest BCUT2D eigenvalue weighted by Gasteiger charge is 2.34. The zero-order valence-electron chi connectivity index (χ0n) is 19.2. The summed E-state index contributed by atoms with van der Waals surface area (Å²) in [6, 6.07) is 17.9. The lowest BCUT2D eigenvalue weighted by Crippen LogP contribution is -2.41. The number of aliphatic hydroxyl groups excluding tert-OH is 1. The van der Waals surface area contributed by atoms with E-state index in [4.69, 9.17) is 32.9 Å². The fraction of sp³-hybridized carbons (Fsp3) is 0.393. The number of pyridine rings is 1. The van der Waals surface area contributed by atoms with Crippen LogP contribution in [0.15, 0.2) is 60.8 Å². The van der Waals surface area contributed by atoms with Crippen LogP contribution in [0, 0.1) is 5.92 Å². The van der Waals surface area contributed by atoms with E-state index in [9.17, 15) is 5.11 Å². The zero-order chi connectivity index (χ0) is 23.5. The number of halogens is 2. The maximum atomic E-state index is 10.5. The van der Waals surface area contributed by atoms with Crippen LogP contribution in [0.25, 0.3) is 0 Å². The van der Waals surface area contributed by atoms with Gasteiger partial charge in [-0.15, -0.1) is 0 Å². The van der Waals surface area contributed by atoms with Gasteiger partial charge in [0.25, 0.3) is 0 Å². The van der Waals surface area contributed by atoms with Gasteiger partial charge in [0.15, 0.2) is 0 Å². The number of aryl methyl sites for hydroxylation is 2. The molecular formula is C28H30Cl2N2O2. The summed E-state index contributed by atoms with van der Waals surface area (Å²) >= 11 is 12.4. The van der Waals surface area contributed by atoms with Gasteiger partial charge in [0.05, 0.1) is 5.69 Å². The Kier molecular flexibility index (Phi) is 7.40. The Morgan fingerprint density at radius 2 is 1.76 bits per heavy atom. The third-order valence-corrected chi connectivity index (χ3v) is 7.61. The van der Waals surface area contributed by atoms with Gasteiger partial charge in [0.2, 0.25) is 0 Å². The Morgan fingerprint density at radius 1 is 0.971 bits per heavy atom. The van der Waals surface area contributed by atoms with Gasteiger partial charge in [-0.1, -0.05) is 41.4 Å². The highest BCUT2D eigenvalue weighted by Crippen LogP contribution is 2.42. The SMILES string of the molecule is OC(COc1cccc(Cl)c1)CN1CCC(C2c3ccc(Cl)cc3CCc3cccnc32)CC1. The van der Waals surface area contributed by atoms with Crippen molar-refractivity contribution < 1.29 is 9.84 Å². The summed E-state index contributed by atoms with van der Waals surface area (Å²) in [5.74, 6) is 1.50. The van der Waals surface area contributed by atoms with E-state index in [1.54, 1.807) is 6.07 Å². The molecule has 0 saturated carbocycles. The van der Waals surface area contributed by atoms with E-state index in [2.05, 4.69) is 23.1 Å². The van der Waals surface area contributed by atoms with Crippen molar-refractivity contribution in [3.8, 4) is 5.75 Å². The lowest BCUT2D eigenvalue weighted by atomic mass is 9.76. The van der Waals surface area contributed by atoms with Crippen LogP contribution in [-0.2, 0) is 12.8 Å². The summed E-state index contributed by atoms with van der Waals surface area (Å²) < 4.78 is 5.73. The molecule has 34 heavy (non-hydrogen) atoms. The number of rotatable bonds is 6. The second-order valence-corrected chi connectivity index (χ2v) is 10.3. The van der Waals surface area contributed by atoms with E-state index in [0.29, 0.717) is 29.2 Å². The van der Waals surface area contributed by atoms with Crippen LogP contribution in [0.5, 0.6) is 5.75 Å². The maximum absolute atomic E-state index is 10.5. The molecule has 2 unspecified atom stereocenters. The number of likely N-dealkylation sites (tertiary alicyclic amines) is 1. The first-order valence-corrected chi connectivity index (χ1v) is 12.8. The lowest BCUT2D eigenvalue weighted by molar-refractivity contribution is 0.0537. The van der Waals surface area contributed by atoms with E-state index in [-0.39, 0.29) is 6.61 Å². The molecule has 0 radical (unpaired) electrons. The first kappa shape index (κ1) is 23.6. The monoisotopic (exact) mass is 496 g/mol. The molecule has 6 heteroatoms. The predicted octanol–water partition coefficient (Wildman–Crippen LogP) is 5.77. The summed E-state index contributed by atoms with van der Waals surface area (Å²) in [7, 11) is 0. The van der Waals surface area contributed by atoms with Gasteiger partial charge in [-0.25, -0.2) is 0 Å². The van der Waals surface area contributed by atoms with E-state index < -0.39 is 6.10 Å². The smallest absolute Gasteiger partial charge is 0.120 e. The Morgan fingerprint density at radius 3 is 2.59 bits per heavy atom. The van der Waals surface area contributed by atoms with Gasteiger partial charge in [-0.2, -0.15) is 0 Å². The number of piperidine rings is 1. The van der Waals surface area contributed by atoms with Crippen molar-refractivity contribution in [3.05, 3.63) is 93.2 Å². The molecule has 5 rings (SSSR count). The molecule has 0 amide bonds. The molecule has 3 aromatic rings. The Hall–Kier alpha value is -2.11. The van der Waals surface area contributed by atoms with Crippen molar-refractivity contribution in [2.75, 3.05) is 26.2 Å². The van der Waals surface area contributed by atoms with E-state index in [1.807, 2.05) is 36.5 Å². The van der Waals surface area contributed by atoms with Crippen molar-refractivity contribution in [1.82, 2.24) is 9.88 Å². The molecule has 1 fully saturated rings. The van der Waals surface area contributed by atoms with Crippen molar-refractivity contribution in [1.29, 1.82) is 0 Å². The van der Waals surface area contributed by atoms with Crippen molar-refractivity contribution in [2.24, 2.45) is 5.92 Å². The van der Waals surface area contributed by atoms with Crippen LogP contribution in [0.2, 0.25) is 10.0 Å². The lowest BCUT2D eigenvalue weighted by Gasteiger charge is -2.37. The normalized spacial score (nSPS) is 19.7. The van der Waals surface area contributed by atoms with Gasteiger partial charge >= 0.3 is 0 Å². The third-order valence-electron chi connectivity index (χ3n) is 7.14. The number of hydrogen-bond donors (Lipinski definition) is 1. The largest absolute Gasteiger partial charge is 0.491 e. The number of fused-ring (bicyclic) bond motifs is 2. The molecule has 1 saturated heterocycles. The molecule has 2 aliphatic rings. The molecule has 2 heterocycles. The van der Waals surface area contributed by atoms with Crippen LogP contribution in [-0.4, -0.2) is 47.3 Å². The molecule has 1 aromatic heterocycles. The summed E-state index contributed by atoms with van der Waals surface area (Å²) in [5.41, 5.74) is 5.33. The number of ether oxygens (including phenoxy) is 1. The van der Waals surface area contributed by atoms with E-state index >= 15 is 0 Å². The van der Waals surface area contributed by atoms with Gasteiger partial charge in [-0.05, 0) is 97.8 Å². The molecular weight excluding hydrogens is 467 g/mol. The van der Waals surface area contributed by atoms with Crippen molar-refractivity contribution in [2.45, 2.75) is 37.7 Å². The molecule has 178 valence electrons. The number of hydrogen-bond acceptors (Lipinski definition) is 4. The highest BCUT2D eigenvalue weighted by atomic mass is 35.5. The van der Waals surface area contributed by atoms with Crippen LogP contribution < -0.4 is 4.74 Å². The highest BCUT2D eigenvalue weighted by molar-refractivity contribution is 6.31. The summed E-state index contributed by atoms with van der Waals surface area (Å²) in [4.78, 5) is 7.22. The Balaban J connectivity index is 1.24. The number of aromatic nitrogens is 1. The molecule has 1 aliphatic carbocycles. The standard InChI is InChI=1S/C28H30Cl2N2O2/c29-22-4-1-5-25(16-22)34-18-24(33)17-32-13-10-19(11-14-32)27-26-9-8-23(30)15-21(26)7-6-20-3-2-12-31-28(20)27/h1-5,8-9,12,15-16,19,24,27,33H,6-7,10-11,13-14,17-18H2. The van der Waals surface area contributed by atoms with E-state index in [1.165, 1.54) is 22.4 Å². The quantitative estimate of drug-likeness (QED) is 0.470. The van der Waals surface area contributed by atoms with Gasteiger partial charge in [0.1, 0.15) is 18.5 Å². The fourth-order valence-electron chi connectivity index (χ4n) is 5.50. The topological polar surface area (TPSA) is 45.6 Å². The molecule has 0 spiro atoms. The van der Waals surface area contributed by atoms with Crippen LogP contribution in [0.3, 0.4) is 0 Å². The van der Waals surface area contributed by atoms with Crippen molar-refractivity contribution >= 4 is 23.2 Å². The Labute approximate surface area is 211 Å². The number of aliphatic hydroxyl groups is 1.